The summed E-state index contributed by atoms with van der Waals surface area (Å²) < 4.78 is 5.21. The van der Waals surface area contributed by atoms with E-state index in [9.17, 15) is 9.59 Å². The van der Waals surface area contributed by atoms with Gasteiger partial charge in [-0.2, -0.15) is 11.8 Å². The number of hydrogen-bond acceptors (Lipinski definition) is 5. The number of likely N-dealkylation sites (N-methyl/N-ethyl adjacent to an activating group) is 1. The van der Waals surface area contributed by atoms with Gasteiger partial charge in [-0.25, -0.2) is 0 Å². The highest BCUT2D eigenvalue weighted by Crippen LogP contribution is 2.21. The van der Waals surface area contributed by atoms with E-state index in [0.29, 0.717) is 13.0 Å². The Morgan fingerprint density at radius 1 is 1.53 bits per heavy atom. The summed E-state index contributed by atoms with van der Waals surface area (Å²) in [6.45, 7) is 2.70. The number of carbonyl (C=O) groups excluding carboxylic acids is 1. The number of carboxylic acid groups (broad SMARTS) is 1. The van der Waals surface area contributed by atoms with Crippen LogP contribution in [0.25, 0.3) is 0 Å². The van der Waals surface area contributed by atoms with Gasteiger partial charge in [-0.1, -0.05) is 0 Å². The highest BCUT2D eigenvalue weighted by atomic mass is 32.2. The number of aliphatic carboxylic acids is 1. The molecule has 19 heavy (non-hydrogen) atoms. The SMILES string of the molecule is CCN(C(=O)[C@H](N)CCSC)C1COCC1C(=O)O. The van der Waals surface area contributed by atoms with Crippen molar-refractivity contribution >= 4 is 23.6 Å². The molecule has 0 aromatic heterocycles. The number of thioether (sulfide) groups is 1. The fourth-order valence-electron chi connectivity index (χ4n) is 2.22. The van der Waals surface area contributed by atoms with Crippen molar-refractivity contribution in [3.05, 3.63) is 0 Å². The lowest BCUT2D eigenvalue weighted by Crippen LogP contribution is -2.52. The molecule has 110 valence electrons. The van der Waals surface area contributed by atoms with Gasteiger partial charge in [-0.15, -0.1) is 0 Å². The third kappa shape index (κ3) is 4.09. The van der Waals surface area contributed by atoms with Gasteiger partial charge in [0.15, 0.2) is 0 Å². The van der Waals surface area contributed by atoms with Gasteiger partial charge in [0.25, 0.3) is 0 Å². The normalized spacial score (nSPS) is 24.2. The monoisotopic (exact) mass is 290 g/mol. The van der Waals surface area contributed by atoms with E-state index in [2.05, 4.69) is 0 Å². The molecule has 0 bridgehead atoms. The molecule has 1 aliphatic heterocycles. The van der Waals surface area contributed by atoms with Crippen LogP contribution in [0.5, 0.6) is 0 Å². The number of amides is 1. The van der Waals surface area contributed by atoms with Gasteiger partial charge in [0.1, 0.15) is 5.92 Å². The number of ether oxygens (including phenoxy) is 1. The van der Waals surface area contributed by atoms with Crippen LogP contribution in [0.3, 0.4) is 0 Å². The van der Waals surface area contributed by atoms with Crippen LogP contribution in [0.15, 0.2) is 0 Å². The zero-order valence-electron chi connectivity index (χ0n) is 11.4. The van der Waals surface area contributed by atoms with Gasteiger partial charge < -0.3 is 20.5 Å². The summed E-state index contributed by atoms with van der Waals surface area (Å²) in [6.07, 6.45) is 2.56. The predicted octanol–water partition coefficient (Wildman–Crippen LogP) is 0.0149. The summed E-state index contributed by atoms with van der Waals surface area (Å²) in [5, 5.41) is 9.14. The van der Waals surface area contributed by atoms with Crippen LogP contribution in [0.2, 0.25) is 0 Å². The molecule has 1 aliphatic rings. The second kappa shape index (κ2) is 7.72. The largest absolute Gasteiger partial charge is 0.481 e. The fraction of sp³-hybridized carbons (Fsp3) is 0.833. The molecular formula is C12H22N2O4S. The van der Waals surface area contributed by atoms with E-state index >= 15 is 0 Å². The molecule has 1 saturated heterocycles. The molecule has 3 atom stereocenters. The second-order valence-corrected chi connectivity index (χ2v) is 5.55. The van der Waals surface area contributed by atoms with Crippen molar-refractivity contribution in [1.82, 2.24) is 4.90 Å². The summed E-state index contributed by atoms with van der Waals surface area (Å²) in [4.78, 5) is 25.0. The summed E-state index contributed by atoms with van der Waals surface area (Å²) >= 11 is 1.63. The zero-order valence-corrected chi connectivity index (χ0v) is 12.2. The van der Waals surface area contributed by atoms with Crippen LogP contribution in [0.4, 0.5) is 0 Å². The van der Waals surface area contributed by atoms with E-state index in [1.54, 1.807) is 16.7 Å². The Kier molecular flexibility index (Phi) is 6.60. The van der Waals surface area contributed by atoms with Gasteiger partial charge in [0.05, 0.1) is 25.3 Å². The van der Waals surface area contributed by atoms with Crippen molar-refractivity contribution in [2.45, 2.75) is 25.4 Å². The van der Waals surface area contributed by atoms with E-state index in [4.69, 9.17) is 15.6 Å². The van der Waals surface area contributed by atoms with Crippen LogP contribution < -0.4 is 5.73 Å². The van der Waals surface area contributed by atoms with E-state index in [0.717, 1.165) is 5.75 Å². The van der Waals surface area contributed by atoms with Crippen LogP contribution in [0, 0.1) is 5.92 Å². The number of carbonyl (C=O) groups is 2. The number of nitrogens with zero attached hydrogens (tertiary/aromatic N) is 1. The molecule has 0 aliphatic carbocycles. The van der Waals surface area contributed by atoms with Crippen LogP contribution in [-0.2, 0) is 14.3 Å². The zero-order chi connectivity index (χ0) is 14.4. The van der Waals surface area contributed by atoms with Crippen molar-refractivity contribution < 1.29 is 19.4 Å². The first-order valence-electron chi connectivity index (χ1n) is 6.38. The maximum Gasteiger partial charge on any atom is 0.311 e. The van der Waals surface area contributed by atoms with Crippen molar-refractivity contribution in [2.75, 3.05) is 31.8 Å². The molecule has 0 aromatic carbocycles. The number of carboxylic acids is 1. The van der Waals surface area contributed by atoms with Gasteiger partial charge in [-0.3, -0.25) is 9.59 Å². The van der Waals surface area contributed by atoms with E-state index in [1.807, 2.05) is 13.2 Å². The van der Waals surface area contributed by atoms with E-state index < -0.39 is 24.0 Å². The summed E-state index contributed by atoms with van der Waals surface area (Å²) in [6, 6.07) is -0.974. The Bertz CT molecular complexity index is 327. The van der Waals surface area contributed by atoms with Gasteiger partial charge in [0.2, 0.25) is 5.91 Å². The highest BCUT2D eigenvalue weighted by Gasteiger charge is 2.40. The lowest BCUT2D eigenvalue weighted by Gasteiger charge is -2.31. The van der Waals surface area contributed by atoms with E-state index in [-0.39, 0.29) is 19.1 Å². The molecule has 3 N–H and O–H groups in total. The Balaban J connectivity index is 2.70. The summed E-state index contributed by atoms with van der Waals surface area (Å²) in [7, 11) is 0. The highest BCUT2D eigenvalue weighted by molar-refractivity contribution is 7.98. The van der Waals surface area contributed by atoms with Crippen molar-refractivity contribution in [1.29, 1.82) is 0 Å². The molecule has 1 amide bonds. The molecule has 7 heteroatoms. The quantitative estimate of drug-likeness (QED) is 0.686. The molecule has 1 rings (SSSR count). The molecule has 1 fully saturated rings. The number of nitrogens with two attached hydrogens (primary N) is 1. The average molecular weight is 290 g/mol. The Morgan fingerprint density at radius 3 is 2.74 bits per heavy atom. The molecular weight excluding hydrogens is 268 g/mol. The first-order chi connectivity index (χ1) is 9.02. The maximum absolute atomic E-state index is 12.3. The Hall–Kier alpha value is -0.790. The second-order valence-electron chi connectivity index (χ2n) is 4.56. The first-order valence-corrected chi connectivity index (χ1v) is 7.77. The third-order valence-corrected chi connectivity index (χ3v) is 3.99. The first kappa shape index (κ1) is 16.3. The van der Waals surface area contributed by atoms with Gasteiger partial charge in [-0.05, 0) is 25.4 Å². The van der Waals surface area contributed by atoms with E-state index in [1.165, 1.54) is 0 Å². The van der Waals surface area contributed by atoms with Crippen molar-refractivity contribution in [3.8, 4) is 0 Å². The molecule has 0 saturated carbocycles. The van der Waals surface area contributed by atoms with Crippen LogP contribution >= 0.6 is 11.8 Å². The summed E-state index contributed by atoms with van der Waals surface area (Å²) in [5.74, 6) is -0.949. The molecule has 0 aromatic rings. The fourth-order valence-corrected chi connectivity index (χ4v) is 2.71. The molecule has 6 nitrogen and oxygen atoms in total. The Morgan fingerprint density at radius 2 is 2.21 bits per heavy atom. The maximum atomic E-state index is 12.3. The number of hydrogen-bond donors (Lipinski definition) is 2. The van der Waals surface area contributed by atoms with Crippen LogP contribution in [0.1, 0.15) is 13.3 Å². The number of rotatable bonds is 7. The average Bonchev–Trinajstić information content (AvgIpc) is 2.86. The van der Waals surface area contributed by atoms with Crippen molar-refractivity contribution in [2.24, 2.45) is 11.7 Å². The van der Waals surface area contributed by atoms with Gasteiger partial charge >= 0.3 is 5.97 Å². The minimum atomic E-state index is -0.925. The lowest BCUT2D eigenvalue weighted by atomic mass is 10.0. The molecule has 1 heterocycles. The minimum absolute atomic E-state index is 0.157. The smallest absolute Gasteiger partial charge is 0.311 e. The lowest BCUT2D eigenvalue weighted by molar-refractivity contribution is -0.145. The van der Waals surface area contributed by atoms with Crippen LogP contribution in [-0.4, -0.2) is 65.7 Å². The third-order valence-electron chi connectivity index (χ3n) is 3.34. The predicted molar refractivity (Wildman–Crippen MR) is 74.1 cm³/mol. The van der Waals surface area contributed by atoms with Crippen molar-refractivity contribution in [3.63, 3.8) is 0 Å². The van der Waals surface area contributed by atoms with Gasteiger partial charge in [0, 0.05) is 6.54 Å². The minimum Gasteiger partial charge on any atom is -0.481 e. The Labute approximate surface area is 117 Å². The topological polar surface area (TPSA) is 92.9 Å². The standard InChI is InChI=1S/C12H22N2O4S/c1-3-14(11(15)9(13)4-5-19-2)10-7-18-6-8(10)12(16)17/h8-10H,3-7,13H2,1-2H3,(H,16,17)/t8?,9-,10?/m1/s1. The summed E-state index contributed by atoms with van der Waals surface area (Å²) in [5.41, 5.74) is 5.88. The molecule has 2 unspecified atom stereocenters. The molecule has 0 radical (unpaired) electrons. The molecule has 0 spiro atoms.